The number of allylic oxidation sites excluding steroid dienone is 1. The van der Waals surface area contributed by atoms with E-state index in [2.05, 4.69) is 15.0 Å². The van der Waals surface area contributed by atoms with Crippen LogP contribution >= 0.6 is 0 Å². The Kier molecular flexibility index (Phi) is 5.37. The van der Waals surface area contributed by atoms with Crippen LogP contribution in [0.1, 0.15) is 22.5 Å². The van der Waals surface area contributed by atoms with Crippen LogP contribution in [0.15, 0.2) is 59.2 Å². The van der Waals surface area contributed by atoms with E-state index in [-0.39, 0.29) is 12.1 Å². The van der Waals surface area contributed by atoms with Crippen LogP contribution in [0.4, 0.5) is 0 Å². The fourth-order valence-corrected chi connectivity index (χ4v) is 3.19. The number of hydrogen-bond acceptors (Lipinski definition) is 5. The number of carbonyl (C=O) groups is 1. The second kappa shape index (κ2) is 8.24. The lowest BCUT2D eigenvalue weighted by atomic mass is 10.1. The summed E-state index contributed by atoms with van der Waals surface area (Å²) >= 11 is 0. The lowest BCUT2D eigenvalue weighted by Gasteiger charge is -2.32. The number of nitrogens with zero attached hydrogens (tertiary/aromatic N) is 4. The second-order valence-electron chi connectivity index (χ2n) is 6.54. The van der Waals surface area contributed by atoms with Crippen molar-refractivity contribution >= 4 is 24.3 Å². The summed E-state index contributed by atoms with van der Waals surface area (Å²) in [6.07, 6.45) is 10.0. The number of ether oxygens (including phenoxy) is 1. The van der Waals surface area contributed by atoms with Crippen molar-refractivity contribution in [2.45, 2.75) is 12.6 Å². The van der Waals surface area contributed by atoms with Gasteiger partial charge in [-0.05, 0) is 17.7 Å². The zero-order valence-corrected chi connectivity index (χ0v) is 15.1. The molecule has 0 N–H and O–H groups in total. The molecule has 0 bridgehead atoms. The van der Waals surface area contributed by atoms with Gasteiger partial charge in [-0.15, -0.1) is 0 Å². The summed E-state index contributed by atoms with van der Waals surface area (Å²) in [5.74, 6) is -0.154. The number of rotatable bonds is 4. The average Bonchev–Trinajstić information content (AvgIpc) is 3.22. The molecule has 2 aliphatic heterocycles. The highest BCUT2D eigenvalue weighted by molar-refractivity contribution is 6.13. The van der Waals surface area contributed by atoms with Crippen LogP contribution in [0.25, 0.3) is 12.2 Å². The molecule has 2 aromatic rings. The van der Waals surface area contributed by atoms with E-state index >= 15 is 0 Å². The predicted molar refractivity (Wildman–Crippen MR) is 106 cm³/mol. The summed E-state index contributed by atoms with van der Waals surface area (Å²) in [5.41, 5.74) is 2.42. The van der Waals surface area contributed by atoms with Gasteiger partial charge in [0.05, 0.1) is 24.5 Å². The molecule has 2 aliphatic rings. The van der Waals surface area contributed by atoms with Crippen molar-refractivity contribution in [3.63, 3.8) is 0 Å². The molecule has 4 rings (SSSR count). The minimum absolute atomic E-state index is 0.104. The van der Waals surface area contributed by atoms with Crippen molar-refractivity contribution in [3.05, 3.63) is 65.5 Å². The van der Waals surface area contributed by atoms with Gasteiger partial charge >= 0.3 is 0 Å². The van der Waals surface area contributed by atoms with Crippen LogP contribution in [0.5, 0.6) is 0 Å². The largest absolute Gasteiger partial charge is 0.379 e. The Balaban J connectivity index is 1.39. The summed E-state index contributed by atoms with van der Waals surface area (Å²) in [7, 11) is 0. The molecule has 0 amide bonds. The standard InChI is InChI=1S/C21H22N4O2/c26-21(18-7-9-20(22-16-18)24-12-14-27-15-13-24)25-11-10-19(23-25)8-6-17-4-2-1-3-5-17/h1-8,10-11,16,20H,9,12-15H2. The Morgan fingerprint density at radius 3 is 2.67 bits per heavy atom. The summed E-state index contributed by atoms with van der Waals surface area (Å²) < 4.78 is 6.75. The first-order chi connectivity index (χ1) is 13.3. The van der Waals surface area contributed by atoms with Crippen molar-refractivity contribution < 1.29 is 9.53 Å². The Bertz CT molecular complexity index is 877. The fourth-order valence-electron chi connectivity index (χ4n) is 3.19. The van der Waals surface area contributed by atoms with E-state index in [4.69, 9.17) is 4.74 Å². The highest BCUT2D eigenvalue weighted by Crippen LogP contribution is 2.16. The number of morpholine rings is 1. The number of aliphatic imine (C=N–C) groups is 1. The monoisotopic (exact) mass is 362 g/mol. The molecule has 0 spiro atoms. The first-order valence-electron chi connectivity index (χ1n) is 9.18. The van der Waals surface area contributed by atoms with E-state index in [0.717, 1.165) is 44.0 Å². The minimum Gasteiger partial charge on any atom is -0.379 e. The first-order valence-corrected chi connectivity index (χ1v) is 9.18. The molecular weight excluding hydrogens is 340 g/mol. The molecule has 27 heavy (non-hydrogen) atoms. The highest BCUT2D eigenvalue weighted by Gasteiger charge is 2.23. The summed E-state index contributed by atoms with van der Waals surface area (Å²) in [4.78, 5) is 19.5. The molecule has 0 radical (unpaired) electrons. The van der Waals surface area contributed by atoms with Gasteiger partial charge < -0.3 is 4.74 Å². The van der Waals surface area contributed by atoms with Gasteiger partial charge in [-0.25, -0.2) is 4.68 Å². The number of dihydropyridines is 1. The molecule has 6 heteroatoms. The van der Waals surface area contributed by atoms with E-state index in [0.29, 0.717) is 5.57 Å². The van der Waals surface area contributed by atoms with E-state index in [1.165, 1.54) is 4.68 Å². The Morgan fingerprint density at radius 1 is 1.11 bits per heavy atom. The summed E-state index contributed by atoms with van der Waals surface area (Å²) in [5, 5.41) is 4.36. The maximum atomic E-state index is 12.7. The lowest BCUT2D eigenvalue weighted by Crippen LogP contribution is -2.43. The third-order valence-corrected chi connectivity index (χ3v) is 4.71. The van der Waals surface area contributed by atoms with Crippen LogP contribution in [0.3, 0.4) is 0 Å². The molecule has 1 unspecified atom stereocenters. The Morgan fingerprint density at radius 2 is 1.93 bits per heavy atom. The molecule has 1 aromatic carbocycles. The van der Waals surface area contributed by atoms with E-state index in [9.17, 15) is 4.79 Å². The number of aromatic nitrogens is 2. The quantitative estimate of drug-likeness (QED) is 0.839. The van der Waals surface area contributed by atoms with Gasteiger partial charge in [0.2, 0.25) is 0 Å². The van der Waals surface area contributed by atoms with Gasteiger partial charge in [0, 0.05) is 31.9 Å². The van der Waals surface area contributed by atoms with Crippen molar-refractivity contribution in [2.75, 3.05) is 26.3 Å². The topological polar surface area (TPSA) is 59.7 Å². The third-order valence-electron chi connectivity index (χ3n) is 4.71. The van der Waals surface area contributed by atoms with Gasteiger partial charge in [0.15, 0.2) is 0 Å². The minimum atomic E-state index is -0.154. The summed E-state index contributed by atoms with van der Waals surface area (Å²) in [6, 6.07) is 11.8. The maximum Gasteiger partial charge on any atom is 0.279 e. The Hall–Kier alpha value is -2.83. The van der Waals surface area contributed by atoms with Gasteiger partial charge in [0.1, 0.15) is 6.17 Å². The van der Waals surface area contributed by atoms with Crippen LogP contribution in [-0.2, 0) is 4.74 Å². The molecule has 3 heterocycles. The lowest BCUT2D eigenvalue weighted by molar-refractivity contribution is 0.0188. The number of hydrogen-bond donors (Lipinski definition) is 0. The number of carbonyl (C=O) groups excluding carboxylic acids is 1. The van der Waals surface area contributed by atoms with E-state index in [1.807, 2.05) is 54.6 Å². The molecule has 1 aromatic heterocycles. The molecule has 0 saturated carbocycles. The molecule has 0 aliphatic carbocycles. The summed E-state index contributed by atoms with van der Waals surface area (Å²) in [6.45, 7) is 3.26. The zero-order chi connectivity index (χ0) is 18.5. The van der Waals surface area contributed by atoms with Crippen molar-refractivity contribution in [1.29, 1.82) is 0 Å². The average molecular weight is 362 g/mol. The zero-order valence-electron chi connectivity index (χ0n) is 15.1. The van der Waals surface area contributed by atoms with Gasteiger partial charge in [0.25, 0.3) is 5.91 Å². The molecule has 6 nitrogen and oxygen atoms in total. The van der Waals surface area contributed by atoms with Crippen molar-refractivity contribution in [2.24, 2.45) is 4.99 Å². The van der Waals surface area contributed by atoms with Gasteiger partial charge in [-0.2, -0.15) is 5.10 Å². The van der Waals surface area contributed by atoms with Crippen LogP contribution < -0.4 is 0 Å². The Labute approximate surface area is 158 Å². The number of benzene rings is 1. The van der Waals surface area contributed by atoms with Crippen molar-refractivity contribution in [3.8, 4) is 0 Å². The second-order valence-corrected chi connectivity index (χ2v) is 6.54. The SMILES string of the molecule is O=C(C1=CCC(N2CCOCC2)N=C1)n1ccc(C=Cc2ccccc2)n1. The van der Waals surface area contributed by atoms with Crippen LogP contribution in [-0.4, -0.2) is 59.3 Å². The van der Waals surface area contributed by atoms with Crippen LogP contribution in [0.2, 0.25) is 0 Å². The highest BCUT2D eigenvalue weighted by atomic mass is 16.5. The predicted octanol–water partition coefficient (Wildman–Crippen LogP) is 2.75. The fraction of sp³-hybridized carbons (Fsp3) is 0.286. The van der Waals surface area contributed by atoms with Crippen molar-refractivity contribution in [1.82, 2.24) is 14.7 Å². The first kappa shape index (κ1) is 17.6. The molecule has 1 atom stereocenters. The third kappa shape index (κ3) is 4.30. The smallest absolute Gasteiger partial charge is 0.279 e. The van der Waals surface area contributed by atoms with E-state index < -0.39 is 0 Å². The molecule has 1 fully saturated rings. The van der Waals surface area contributed by atoms with Crippen LogP contribution in [0, 0.1) is 0 Å². The normalized spacial score (nSPS) is 20.7. The maximum absolute atomic E-state index is 12.7. The molecule has 1 saturated heterocycles. The van der Waals surface area contributed by atoms with E-state index in [1.54, 1.807) is 12.4 Å². The van der Waals surface area contributed by atoms with Gasteiger partial charge in [-0.1, -0.05) is 42.5 Å². The molecule has 138 valence electrons. The van der Waals surface area contributed by atoms with Gasteiger partial charge in [-0.3, -0.25) is 14.7 Å². The molecular formula is C21H22N4O2.